The molecule has 0 radical (unpaired) electrons. The summed E-state index contributed by atoms with van der Waals surface area (Å²) in [6, 6.07) is 16.9. The average molecular weight is 275 g/mol. The first-order chi connectivity index (χ1) is 6.36. The van der Waals surface area contributed by atoms with E-state index in [4.69, 9.17) is 0 Å². The second-order valence-corrected chi connectivity index (χ2v) is 2.80. The Morgan fingerprint density at radius 3 is 2.20 bits per heavy atom. The van der Waals surface area contributed by atoms with Gasteiger partial charge < -0.3 is 17.0 Å². The van der Waals surface area contributed by atoms with E-state index in [9.17, 15) is 4.39 Å². The molecule has 0 aromatic heterocycles. The van der Waals surface area contributed by atoms with Gasteiger partial charge in [-0.2, -0.15) is 30.3 Å². The van der Waals surface area contributed by atoms with Crippen LogP contribution >= 0.6 is 0 Å². The fourth-order valence-corrected chi connectivity index (χ4v) is 1.25. The van der Waals surface area contributed by atoms with Gasteiger partial charge in [0.05, 0.1) is 0 Å². The zero-order valence-electron chi connectivity index (χ0n) is 8.08. The van der Waals surface area contributed by atoms with Crippen molar-refractivity contribution in [3.05, 3.63) is 60.4 Å². The molecule has 0 saturated carbocycles. The van der Waals surface area contributed by atoms with Crippen molar-refractivity contribution in [3.63, 3.8) is 0 Å². The number of halogens is 2. The van der Waals surface area contributed by atoms with E-state index >= 15 is 0 Å². The molecule has 0 aliphatic carbocycles. The Hall–Kier alpha value is -0.384. The first-order valence-electron chi connectivity index (χ1n) is 4.08. The van der Waals surface area contributed by atoms with E-state index in [-0.39, 0.29) is 45.9 Å². The van der Waals surface area contributed by atoms with Crippen LogP contribution in [0.1, 0.15) is 0 Å². The molecule has 2 rings (SSSR count). The number of rotatable bonds is 1. The first kappa shape index (κ1) is 14.6. The normalized spacial score (nSPS) is 8.60. The Labute approximate surface area is 115 Å². The van der Waals surface area contributed by atoms with Crippen LogP contribution < -0.4 is 17.0 Å². The molecule has 0 aliphatic rings. The van der Waals surface area contributed by atoms with Crippen LogP contribution in [-0.2, 0) is 0 Å². The van der Waals surface area contributed by atoms with Gasteiger partial charge in [0.1, 0.15) is 5.82 Å². The molecule has 0 spiro atoms. The summed E-state index contributed by atoms with van der Waals surface area (Å²) in [7, 11) is 0. The molecule has 0 N–H and O–H groups in total. The van der Waals surface area contributed by atoms with Gasteiger partial charge in [-0.3, -0.25) is 0 Å². The Kier molecular flexibility index (Phi) is 6.81. The summed E-state index contributed by atoms with van der Waals surface area (Å²) in [4.78, 5) is 0. The smallest absolute Gasteiger partial charge is 1.00 e. The predicted octanol–water partition coefficient (Wildman–Crippen LogP) is -0.0839. The van der Waals surface area contributed by atoms with Crippen LogP contribution in [0.3, 0.4) is 0 Å². The number of hydrogen-bond donors (Lipinski definition) is 0. The molecule has 0 fully saturated rings. The molecule has 0 atom stereocenters. The van der Waals surface area contributed by atoms with Crippen LogP contribution in [0.4, 0.5) is 4.39 Å². The van der Waals surface area contributed by atoms with Gasteiger partial charge in [0, 0.05) is 0 Å². The average Bonchev–Trinajstić information content (AvgIpc) is 2.19. The molecule has 0 nitrogen and oxygen atoms in total. The summed E-state index contributed by atoms with van der Waals surface area (Å²) in [5, 5.41) is 0. The van der Waals surface area contributed by atoms with Crippen LogP contribution in [-0.4, -0.2) is 23.1 Å². The van der Waals surface area contributed by atoms with Gasteiger partial charge in [0.15, 0.2) is 0 Å². The fraction of sp³-hybridized carbons (Fsp3) is 0. The van der Waals surface area contributed by atoms with E-state index in [1.165, 1.54) is 12.1 Å². The summed E-state index contributed by atoms with van der Waals surface area (Å²) in [5.41, 5.74) is 1.91. The summed E-state index contributed by atoms with van der Waals surface area (Å²) < 4.78 is 12.8. The van der Waals surface area contributed by atoms with Gasteiger partial charge in [0.2, 0.25) is 0 Å². The minimum Gasteiger partial charge on any atom is -1.00 e. The molecule has 0 heterocycles. The van der Waals surface area contributed by atoms with Crippen molar-refractivity contribution in [2.45, 2.75) is 0 Å². The second-order valence-electron chi connectivity index (χ2n) is 2.80. The maximum absolute atomic E-state index is 12.8. The Balaban J connectivity index is 0.000000980. The number of hydrogen-bond acceptors (Lipinski definition) is 0. The van der Waals surface area contributed by atoms with Gasteiger partial charge in [-0.05, 0) is 17.7 Å². The van der Waals surface area contributed by atoms with Gasteiger partial charge in [-0.1, -0.05) is 12.1 Å². The standard InChI is InChI=1S/C12H8F.BrH.Mg/c13-12-8-4-7-11(9-12)10-5-2-1-3-6-10;;/h2-9H;1H;/q-1;;+2/p-1. The third-order valence-electron chi connectivity index (χ3n) is 1.88. The van der Waals surface area contributed by atoms with Crippen molar-refractivity contribution in [2.75, 3.05) is 0 Å². The molecule has 0 amide bonds. The van der Waals surface area contributed by atoms with E-state index in [1.54, 1.807) is 6.07 Å². The molecule has 2 aromatic carbocycles. The summed E-state index contributed by atoms with van der Waals surface area (Å²) in [6.45, 7) is 0. The maximum atomic E-state index is 12.8. The monoisotopic (exact) mass is 274 g/mol. The van der Waals surface area contributed by atoms with E-state index < -0.39 is 0 Å². The zero-order chi connectivity index (χ0) is 9.10. The minimum absolute atomic E-state index is 0. The fourth-order valence-electron chi connectivity index (χ4n) is 1.25. The van der Waals surface area contributed by atoms with E-state index in [2.05, 4.69) is 6.07 Å². The molecule has 72 valence electrons. The molecule has 0 unspecified atom stereocenters. The molecule has 0 aliphatic heterocycles. The van der Waals surface area contributed by atoms with E-state index in [0.29, 0.717) is 0 Å². The first-order valence-corrected chi connectivity index (χ1v) is 4.08. The largest absolute Gasteiger partial charge is 2.00 e. The third-order valence-corrected chi connectivity index (χ3v) is 1.88. The molecule has 0 saturated heterocycles. The van der Waals surface area contributed by atoms with E-state index in [0.717, 1.165) is 11.1 Å². The molecule has 0 bridgehead atoms. The summed E-state index contributed by atoms with van der Waals surface area (Å²) >= 11 is 0. The van der Waals surface area contributed by atoms with Crippen molar-refractivity contribution in [1.29, 1.82) is 0 Å². The van der Waals surface area contributed by atoms with Crippen LogP contribution in [0.15, 0.2) is 48.5 Å². The van der Waals surface area contributed by atoms with Crippen LogP contribution in [0.5, 0.6) is 0 Å². The summed E-state index contributed by atoms with van der Waals surface area (Å²) in [6.07, 6.45) is 0. The van der Waals surface area contributed by atoms with E-state index in [1.807, 2.05) is 30.3 Å². The number of benzene rings is 2. The van der Waals surface area contributed by atoms with Crippen molar-refractivity contribution in [3.8, 4) is 11.1 Å². The van der Waals surface area contributed by atoms with Gasteiger partial charge in [-0.25, -0.2) is 4.39 Å². The van der Waals surface area contributed by atoms with Gasteiger partial charge in [0.25, 0.3) is 0 Å². The van der Waals surface area contributed by atoms with Gasteiger partial charge in [-0.15, -0.1) is 5.56 Å². The van der Waals surface area contributed by atoms with Crippen LogP contribution in [0, 0.1) is 11.9 Å². The van der Waals surface area contributed by atoms with Crippen LogP contribution in [0.2, 0.25) is 0 Å². The van der Waals surface area contributed by atoms with Crippen LogP contribution in [0.25, 0.3) is 11.1 Å². The minimum atomic E-state index is -0.203. The van der Waals surface area contributed by atoms with Gasteiger partial charge >= 0.3 is 23.1 Å². The molecule has 2 aromatic rings. The predicted molar refractivity (Wildman–Crippen MR) is 56.4 cm³/mol. The maximum Gasteiger partial charge on any atom is 2.00 e. The van der Waals surface area contributed by atoms with Crippen molar-refractivity contribution in [2.24, 2.45) is 0 Å². The second kappa shape index (κ2) is 6.98. The van der Waals surface area contributed by atoms with Crippen molar-refractivity contribution in [1.82, 2.24) is 0 Å². The molecule has 3 heteroatoms. The Morgan fingerprint density at radius 2 is 1.60 bits per heavy atom. The molecular weight excluding hydrogens is 267 g/mol. The summed E-state index contributed by atoms with van der Waals surface area (Å²) in [5.74, 6) is -0.203. The Bertz CT molecular complexity index is 403. The third kappa shape index (κ3) is 3.93. The molecular formula is C12H8BrFMg. The van der Waals surface area contributed by atoms with Crippen molar-refractivity contribution >= 4 is 23.1 Å². The molecule has 15 heavy (non-hydrogen) atoms. The zero-order valence-corrected chi connectivity index (χ0v) is 11.1. The van der Waals surface area contributed by atoms with Crippen molar-refractivity contribution < 1.29 is 21.4 Å². The Morgan fingerprint density at radius 1 is 0.933 bits per heavy atom. The quantitative estimate of drug-likeness (QED) is 0.504. The SMILES string of the molecule is Fc1cccc(-c2cc[c-]cc2)c1.[Br-].[Mg+2]. The topological polar surface area (TPSA) is 0 Å².